The summed E-state index contributed by atoms with van der Waals surface area (Å²) in [5.41, 5.74) is 0.626. The summed E-state index contributed by atoms with van der Waals surface area (Å²) in [6.45, 7) is 0. The van der Waals surface area contributed by atoms with Crippen molar-refractivity contribution >= 4 is 23.2 Å². The van der Waals surface area contributed by atoms with E-state index in [1.165, 1.54) is 6.07 Å². The zero-order valence-corrected chi connectivity index (χ0v) is 8.87. The molecule has 76 valence electrons. The molecule has 1 aromatic carbocycles. The minimum absolute atomic E-state index is 0.0216. The number of nitrogens with zero attached hydrogens (tertiary/aromatic N) is 3. The fourth-order valence-corrected chi connectivity index (χ4v) is 1.46. The van der Waals surface area contributed by atoms with Crippen molar-refractivity contribution in [1.29, 1.82) is 0 Å². The van der Waals surface area contributed by atoms with Crippen molar-refractivity contribution in [2.75, 3.05) is 0 Å². The predicted octanol–water partition coefficient (Wildman–Crippen LogP) is 2.55. The number of halogens is 2. The lowest BCUT2D eigenvalue weighted by Crippen LogP contribution is -1.93. The van der Waals surface area contributed by atoms with E-state index in [4.69, 9.17) is 23.2 Å². The maximum Gasteiger partial charge on any atom is 0.227 e. The molecule has 6 heteroatoms. The zero-order valence-electron chi connectivity index (χ0n) is 7.35. The molecule has 0 radical (unpaired) electrons. The standard InChI is InChI=1S/C9H5Cl2N3O/c10-8-12-7(13-9(11)14-8)5-2-1-3-6(15)4-5/h1-4,15H. The highest BCUT2D eigenvalue weighted by Gasteiger charge is 2.06. The molecular formula is C9H5Cl2N3O. The normalized spacial score (nSPS) is 10.3. The van der Waals surface area contributed by atoms with Crippen LogP contribution in [0.15, 0.2) is 24.3 Å². The van der Waals surface area contributed by atoms with E-state index in [9.17, 15) is 5.11 Å². The molecule has 0 amide bonds. The number of rotatable bonds is 1. The van der Waals surface area contributed by atoms with Crippen molar-refractivity contribution in [2.24, 2.45) is 0 Å². The quantitative estimate of drug-likeness (QED) is 0.834. The summed E-state index contributed by atoms with van der Waals surface area (Å²) < 4.78 is 0. The van der Waals surface area contributed by atoms with Gasteiger partial charge >= 0.3 is 0 Å². The van der Waals surface area contributed by atoms with E-state index < -0.39 is 0 Å². The maximum absolute atomic E-state index is 9.28. The second kappa shape index (κ2) is 4.00. The van der Waals surface area contributed by atoms with Crippen molar-refractivity contribution in [1.82, 2.24) is 15.0 Å². The number of phenols is 1. The van der Waals surface area contributed by atoms with Gasteiger partial charge in [0.25, 0.3) is 0 Å². The molecule has 0 saturated carbocycles. The molecule has 0 atom stereocenters. The van der Waals surface area contributed by atoms with Crippen molar-refractivity contribution < 1.29 is 5.11 Å². The number of hydrogen-bond acceptors (Lipinski definition) is 4. The molecule has 0 aliphatic heterocycles. The third-order valence-electron chi connectivity index (χ3n) is 1.69. The lowest BCUT2D eigenvalue weighted by atomic mass is 10.2. The molecule has 0 aliphatic carbocycles. The molecule has 0 unspecified atom stereocenters. The Hall–Kier alpha value is -1.39. The minimum atomic E-state index is 0.0216. The van der Waals surface area contributed by atoms with Crippen molar-refractivity contribution in [3.05, 3.63) is 34.8 Å². The van der Waals surface area contributed by atoms with Gasteiger partial charge in [0.15, 0.2) is 5.82 Å². The highest BCUT2D eigenvalue weighted by atomic mass is 35.5. The van der Waals surface area contributed by atoms with Gasteiger partial charge in [0.05, 0.1) is 0 Å². The first-order valence-corrected chi connectivity index (χ1v) is 4.77. The van der Waals surface area contributed by atoms with E-state index in [1.54, 1.807) is 18.2 Å². The highest BCUT2D eigenvalue weighted by Crippen LogP contribution is 2.21. The van der Waals surface area contributed by atoms with E-state index in [2.05, 4.69) is 15.0 Å². The highest BCUT2D eigenvalue weighted by molar-refractivity contribution is 6.31. The molecule has 0 aliphatic rings. The van der Waals surface area contributed by atoms with Crippen LogP contribution in [0.4, 0.5) is 0 Å². The van der Waals surface area contributed by atoms with E-state index in [0.717, 1.165) is 0 Å². The van der Waals surface area contributed by atoms with Crippen LogP contribution in [-0.2, 0) is 0 Å². The summed E-state index contributed by atoms with van der Waals surface area (Å²) in [4.78, 5) is 11.4. The third-order valence-corrected chi connectivity index (χ3v) is 2.02. The van der Waals surface area contributed by atoms with Crippen LogP contribution < -0.4 is 0 Å². The maximum atomic E-state index is 9.28. The first-order chi connectivity index (χ1) is 7.15. The smallest absolute Gasteiger partial charge is 0.227 e. The SMILES string of the molecule is Oc1cccc(-c2nc(Cl)nc(Cl)n2)c1. The van der Waals surface area contributed by atoms with Crippen LogP contribution >= 0.6 is 23.2 Å². The van der Waals surface area contributed by atoms with Crippen LogP contribution in [0.5, 0.6) is 5.75 Å². The Labute approximate surface area is 95.5 Å². The van der Waals surface area contributed by atoms with Crippen molar-refractivity contribution in [3.8, 4) is 17.1 Å². The predicted molar refractivity (Wildman–Crippen MR) is 56.9 cm³/mol. The van der Waals surface area contributed by atoms with Crippen LogP contribution in [-0.4, -0.2) is 20.1 Å². The number of hydrogen-bond donors (Lipinski definition) is 1. The van der Waals surface area contributed by atoms with Crippen LogP contribution in [0.2, 0.25) is 10.6 Å². The van der Waals surface area contributed by atoms with Gasteiger partial charge in [0, 0.05) is 5.56 Å². The molecular weight excluding hydrogens is 237 g/mol. The number of phenolic OH excluding ortho intramolecular Hbond substituents is 1. The first-order valence-electron chi connectivity index (χ1n) is 4.01. The molecule has 4 nitrogen and oxygen atoms in total. The number of aromatic nitrogens is 3. The number of aromatic hydroxyl groups is 1. The Morgan fingerprint density at radius 2 is 1.67 bits per heavy atom. The van der Waals surface area contributed by atoms with Gasteiger partial charge in [-0.05, 0) is 35.3 Å². The Balaban J connectivity index is 2.54. The average molecular weight is 242 g/mol. The zero-order chi connectivity index (χ0) is 10.8. The third kappa shape index (κ3) is 2.34. The van der Waals surface area contributed by atoms with Gasteiger partial charge in [-0.15, -0.1) is 0 Å². The van der Waals surface area contributed by atoms with E-state index in [-0.39, 0.29) is 16.3 Å². The van der Waals surface area contributed by atoms with Crippen LogP contribution in [0.1, 0.15) is 0 Å². The van der Waals surface area contributed by atoms with Gasteiger partial charge in [0.1, 0.15) is 5.75 Å². The molecule has 1 N–H and O–H groups in total. The molecule has 15 heavy (non-hydrogen) atoms. The second-order valence-corrected chi connectivity index (χ2v) is 3.42. The largest absolute Gasteiger partial charge is 0.508 e. The Bertz CT molecular complexity index is 484. The molecule has 0 spiro atoms. The Morgan fingerprint density at radius 3 is 2.27 bits per heavy atom. The fourth-order valence-electron chi connectivity index (χ4n) is 1.10. The summed E-state index contributed by atoms with van der Waals surface area (Å²) in [6.07, 6.45) is 0. The number of benzene rings is 1. The minimum Gasteiger partial charge on any atom is -0.508 e. The van der Waals surface area contributed by atoms with Gasteiger partial charge < -0.3 is 5.11 Å². The summed E-state index contributed by atoms with van der Waals surface area (Å²) in [5.74, 6) is 0.455. The van der Waals surface area contributed by atoms with Gasteiger partial charge in [-0.1, -0.05) is 12.1 Å². The lowest BCUT2D eigenvalue weighted by Gasteiger charge is -2.00. The van der Waals surface area contributed by atoms with Gasteiger partial charge in [-0.25, -0.2) is 0 Å². The molecule has 2 aromatic rings. The summed E-state index contributed by atoms with van der Waals surface area (Å²) in [5, 5.41) is 9.32. The summed E-state index contributed by atoms with van der Waals surface area (Å²) >= 11 is 11.3. The molecule has 0 saturated heterocycles. The van der Waals surface area contributed by atoms with E-state index in [0.29, 0.717) is 11.4 Å². The first kappa shape index (κ1) is 10.1. The average Bonchev–Trinajstić information content (AvgIpc) is 2.16. The van der Waals surface area contributed by atoms with Gasteiger partial charge in [-0.2, -0.15) is 15.0 Å². The topological polar surface area (TPSA) is 58.9 Å². The van der Waals surface area contributed by atoms with Crippen molar-refractivity contribution in [2.45, 2.75) is 0 Å². The lowest BCUT2D eigenvalue weighted by molar-refractivity contribution is 0.475. The molecule has 1 aromatic heterocycles. The van der Waals surface area contributed by atoms with Crippen LogP contribution in [0.25, 0.3) is 11.4 Å². The van der Waals surface area contributed by atoms with E-state index in [1.807, 2.05) is 0 Å². The Morgan fingerprint density at radius 1 is 1.00 bits per heavy atom. The van der Waals surface area contributed by atoms with E-state index >= 15 is 0 Å². The van der Waals surface area contributed by atoms with Crippen LogP contribution in [0, 0.1) is 0 Å². The Kier molecular flexibility index (Phi) is 2.70. The monoisotopic (exact) mass is 241 g/mol. The van der Waals surface area contributed by atoms with Gasteiger partial charge in [-0.3, -0.25) is 0 Å². The molecule has 1 heterocycles. The molecule has 0 fully saturated rings. The van der Waals surface area contributed by atoms with Gasteiger partial charge in [0.2, 0.25) is 10.6 Å². The fraction of sp³-hybridized carbons (Fsp3) is 0. The summed E-state index contributed by atoms with van der Waals surface area (Å²) in [6, 6.07) is 6.48. The molecule has 2 rings (SSSR count). The summed E-state index contributed by atoms with van der Waals surface area (Å²) in [7, 11) is 0. The second-order valence-electron chi connectivity index (χ2n) is 2.75. The van der Waals surface area contributed by atoms with Crippen LogP contribution in [0.3, 0.4) is 0 Å². The van der Waals surface area contributed by atoms with Crippen molar-refractivity contribution in [3.63, 3.8) is 0 Å². The molecule has 0 bridgehead atoms.